The van der Waals surface area contributed by atoms with Gasteiger partial charge in [0.15, 0.2) is 5.90 Å². The Balaban J connectivity index is 4.60. The molecule has 0 aliphatic heterocycles. The van der Waals surface area contributed by atoms with E-state index in [1.54, 1.807) is 0 Å². The van der Waals surface area contributed by atoms with E-state index in [0.717, 1.165) is 13.8 Å². The van der Waals surface area contributed by atoms with Gasteiger partial charge >= 0.3 is 22.8 Å². The van der Waals surface area contributed by atoms with Gasteiger partial charge in [0.2, 0.25) is 0 Å². The molecule has 0 aromatic rings. The second kappa shape index (κ2) is 4.56. The summed E-state index contributed by atoms with van der Waals surface area (Å²) in [6, 6.07) is 0. The summed E-state index contributed by atoms with van der Waals surface area (Å²) in [5.41, 5.74) is 0. The second-order valence-corrected chi connectivity index (χ2v) is 8.78. The molecule has 0 saturated heterocycles. The zero-order valence-corrected chi connectivity index (χ0v) is 10.1. The summed E-state index contributed by atoms with van der Waals surface area (Å²) in [5, 5.41) is 0. The van der Waals surface area contributed by atoms with E-state index in [9.17, 15) is 13.7 Å². The molecule has 2 unspecified atom stereocenters. The monoisotopic (exact) mass is 268 g/mol. The zero-order chi connectivity index (χ0) is 11.6. The highest BCUT2D eigenvalue weighted by Gasteiger charge is 2.36. The van der Waals surface area contributed by atoms with Crippen LogP contribution in [-0.4, -0.2) is 34.4 Å². The fourth-order valence-electron chi connectivity index (χ4n) is 0.524. The minimum Gasteiger partial charge on any atom is -0.324 e. The van der Waals surface area contributed by atoms with Gasteiger partial charge in [0, 0.05) is 13.8 Å². The minimum absolute atomic E-state index is 0.912. The Kier molecular flexibility index (Phi) is 4.72. The van der Waals surface area contributed by atoms with Gasteiger partial charge in [-0.05, 0) is 0 Å². The summed E-state index contributed by atoms with van der Waals surface area (Å²) in [6.45, 7) is 0.912. The molecular weight excluding hydrogens is 257 g/mol. The third kappa shape index (κ3) is 6.87. The summed E-state index contributed by atoms with van der Waals surface area (Å²) >= 11 is 0. The van der Waals surface area contributed by atoms with Gasteiger partial charge in [-0.25, -0.2) is 4.31 Å². The lowest BCUT2D eigenvalue weighted by atomic mass is 11.8. The van der Waals surface area contributed by atoms with Crippen LogP contribution in [0.4, 0.5) is 0 Å². The molecule has 0 fully saturated rings. The van der Waals surface area contributed by atoms with Crippen LogP contribution in [-0.2, 0) is 22.5 Å². The van der Waals surface area contributed by atoms with Crippen LogP contribution in [0.15, 0.2) is 0 Å². The van der Waals surface area contributed by atoms with Crippen molar-refractivity contribution in [1.82, 2.24) is 0 Å². The first-order valence-corrected chi connectivity index (χ1v) is 8.73. The molecule has 3 N–H and O–H groups in total. The normalized spacial score (nSPS) is 21.2. The van der Waals surface area contributed by atoms with Gasteiger partial charge in [0.25, 0.3) is 0 Å². The summed E-state index contributed by atoms with van der Waals surface area (Å²) in [4.78, 5) is 25.7. The van der Waals surface area contributed by atoms with Gasteiger partial charge in [-0.2, -0.15) is 0 Å². The van der Waals surface area contributed by atoms with Crippen LogP contribution in [0.2, 0.25) is 0 Å². The highest BCUT2D eigenvalue weighted by Crippen LogP contribution is 2.64. The van der Waals surface area contributed by atoms with Crippen molar-refractivity contribution in [1.29, 1.82) is 0 Å². The standard InChI is InChI=1S/C3H11O8P3/c1-10-12(2,4)11-14(8,9)3-13(5,6)7/h3H2,1-2H3,(H,8,9)(H2,5,6,7). The largest absolute Gasteiger partial charge is 0.347 e. The molecule has 0 saturated carbocycles. The van der Waals surface area contributed by atoms with Gasteiger partial charge in [0.1, 0.15) is 0 Å². The Hall–Kier alpha value is 0.490. The van der Waals surface area contributed by atoms with E-state index in [0.29, 0.717) is 0 Å². The molecule has 0 radical (unpaired) electrons. The molecule has 0 rings (SSSR count). The van der Waals surface area contributed by atoms with Gasteiger partial charge in [-0.15, -0.1) is 0 Å². The molecule has 2 atom stereocenters. The number of hydrogen-bond acceptors (Lipinski definition) is 5. The van der Waals surface area contributed by atoms with Crippen LogP contribution in [0.1, 0.15) is 0 Å². The van der Waals surface area contributed by atoms with E-state index in [-0.39, 0.29) is 0 Å². The van der Waals surface area contributed by atoms with Crippen molar-refractivity contribution in [2.75, 3.05) is 19.7 Å². The number of rotatable bonds is 5. The maximum absolute atomic E-state index is 11.1. The average Bonchev–Trinajstić information content (AvgIpc) is 1.78. The van der Waals surface area contributed by atoms with Crippen LogP contribution in [0.5, 0.6) is 0 Å². The van der Waals surface area contributed by atoms with Crippen molar-refractivity contribution >= 4 is 22.8 Å². The lowest BCUT2D eigenvalue weighted by Crippen LogP contribution is -1.95. The molecule has 0 aromatic heterocycles. The lowest BCUT2D eigenvalue weighted by molar-refractivity contribution is 0.302. The highest BCUT2D eigenvalue weighted by molar-refractivity contribution is 7.74. The molecule has 0 aliphatic rings. The Morgan fingerprint density at radius 2 is 1.57 bits per heavy atom. The molecule has 0 aromatic carbocycles. The first-order valence-electron chi connectivity index (χ1n) is 3.18. The lowest BCUT2D eigenvalue weighted by Gasteiger charge is -2.16. The fraction of sp³-hybridized carbons (Fsp3) is 1.00. The predicted octanol–water partition coefficient (Wildman–Crippen LogP) is 0.793. The predicted molar refractivity (Wildman–Crippen MR) is 48.4 cm³/mol. The maximum atomic E-state index is 11.1. The molecule has 0 spiro atoms. The van der Waals surface area contributed by atoms with Crippen LogP contribution < -0.4 is 0 Å². The Morgan fingerprint density at radius 1 is 1.14 bits per heavy atom. The van der Waals surface area contributed by atoms with E-state index in [2.05, 4.69) is 8.83 Å². The fourth-order valence-corrected chi connectivity index (χ4v) is 5.18. The minimum atomic E-state index is -4.70. The molecule has 8 nitrogen and oxygen atoms in total. The molecule has 11 heteroatoms. The average molecular weight is 268 g/mol. The number of hydrogen-bond donors (Lipinski definition) is 3. The SMILES string of the molecule is COP(C)(=O)OP(=O)(O)CP(=O)(O)O. The summed E-state index contributed by atoms with van der Waals surface area (Å²) < 4.78 is 40.8. The maximum Gasteiger partial charge on any atom is 0.347 e. The Bertz CT molecular complexity index is 329. The Labute approximate surface area is 80.5 Å². The second-order valence-electron chi connectivity index (χ2n) is 2.48. The molecule has 0 aliphatic carbocycles. The summed E-state index contributed by atoms with van der Waals surface area (Å²) in [6.07, 6.45) is 0. The van der Waals surface area contributed by atoms with E-state index >= 15 is 0 Å². The molecule has 0 bridgehead atoms. The van der Waals surface area contributed by atoms with Crippen molar-refractivity contribution in [3.63, 3.8) is 0 Å². The van der Waals surface area contributed by atoms with Crippen molar-refractivity contribution in [2.24, 2.45) is 0 Å². The van der Waals surface area contributed by atoms with Crippen molar-refractivity contribution in [2.45, 2.75) is 0 Å². The first kappa shape index (κ1) is 14.5. The third-order valence-electron chi connectivity index (χ3n) is 0.970. The molecule has 0 amide bonds. The van der Waals surface area contributed by atoms with Crippen molar-refractivity contribution < 1.29 is 37.2 Å². The van der Waals surface area contributed by atoms with Gasteiger partial charge in [0.05, 0.1) is 0 Å². The molecule has 86 valence electrons. The third-order valence-corrected chi connectivity index (χ3v) is 6.74. The van der Waals surface area contributed by atoms with Gasteiger partial charge in [-0.1, -0.05) is 0 Å². The van der Waals surface area contributed by atoms with Crippen LogP contribution >= 0.6 is 22.8 Å². The van der Waals surface area contributed by atoms with E-state index in [1.807, 2.05) is 0 Å². The molecule has 0 heterocycles. The van der Waals surface area contributed by atoms with Gasteiger partial charge < -0.3 is 19.2 Å². The van der Waals surface area contributed by atoms with Crippen LogP contribution in [0.25, 0.3) is 0 Å². The Morgan fingerprint density at radius 3 is 1.86 bits per heavy atom. The van der Waals surface area contributed by atoms with E-state index < -0.39 is 28.7 Å². The van der Waals surface area contributed by atoms with E-state index in [4.69, 9.17) is 14.7 Å². The first-order chi connectivity index (χ1) is 5.97. The summed E-state index contributed by atoms with van der Waals surface area (Å²) in [5.74, 6) is -1.39. The van der Waals surface area contributed by atoms with Gasteiger partial charge in [-0.3, -0.25) is 13.7 Å². The van der Waals surface area contributed by atoms with Crippen molar-refractivity contribution in [3.05, 3.63) is 0 Å². The zero-order valence-electron chi connectivity index (χ0n) is 7.43. The highest BCUT2D eigenvalue weighted by atomic mass is 31.3. The topological polar surface area (TPSA) is 130 Å². The van der Waals surface area contributed by atoms with Crippen LogP contribution in [0.3, 0.4) is 0 Å². The smallest absolute Gasteiger partial charge is 0.324 e. The quantitative estimate of drug-likeness (QED) is 0.624. The van der Waals surface area contributed by atoms with Crippen LogP contribution in [0, 0.1) is 0 Å². The molecular formula is C3H11O8P3. The summed E-state index contributed by atoms with van der Waals surface area (Å²) in [7, 11) is -12.1. The molecule has 14 heavy (non-hydrogen) atoms. The van der Waals surface area contributed by atoms with Crippen molar-refractivity contribution in [3.8, 4) is 0 Å². The van der Waals surface area contributed by atoms with E-state index in [1.165, 1.54) is 0 Å².